The third-order valence-electron chi connectivity index (χ3n) is 6.28. The van der Waals surface area contributed by atoms with Crippen LogP contribution >= 0.6 is 0 Å². The second-order valence-corrected chi connectivity index (χ2v) is 8.47. The van der Waals surface area contributed by atoms with Crippen LogP contribution in [0.4, 0.5) is 0 Å². The lowest BCUT2D eigenvalue weighted by Gasteiger charge is -2.28. The third kappa shape index (κ3) is 4.27. The molecule has 0 radical (unpaired) electrons. The number of carbonyl (C=O) groups is 4. The molecule has 3 amide bonds. The van der Waals surface area contributed by atoms with Gasteiger partial charge in [0.05, 0.1) is 36.4 Å². The topological polar surface area (TPSA) is 102 Å². The van der Waals surface area contributed by atoms with Crippen molar-refractivity contribution in [3.8, 4) is 5.75 Å². The maximum atomic E-state index is 13.4. The van der Waals surface area contributed by atoms with Gasteiger partial charge in [0.1, 0.15) is 11.3 Å². The summed E-state index contributed by atoms with van der Waals surface area (Å²) >= 11 is 0. The number of hydrogen-bond donors (Lipinski definition) is 1. The van der Waals surface area contributed by atoms with Crippen molar-refractivity contribution in [1.82, 2.24) is 10.2 Å². The SMILES string of the molecule is CCOC(=O)C1(NC(=O)c2cc(CN3C(=O)c4ccccc4C3=O)ccc2OCC)CCCC1. The number of nitrogens with one attached hydrogen (secondary N) is 1. The van der Waals surface area contributed by atoms with Crippen molar-refractivity contribution < 1.29 is 28.7 Å². The maximum absolute atomic E-state index is 13.4. The fourth-order valence-corrected chi connectivity index (χ4v) is 4.61. The summed E-state index contributed by atoms with van der Waals surface area (Å²) in [5, 5.41) is 2.90. The Balaban J connectivity index is 1.60. The highest BCUT2D eigenvalue weighted by molar-refractivity contribution is 6.21. The van der Waals surface area contributed by atoms with E-state index < -0.39 is 17.4 Å². The molecule has 178 valence electrons. The Morgan fingerprint density at radius 3 is 2.21 bits per heavy atom. The Kier molecular flexibility index (Phi) is 6.68. The van der Waals surface area contributed by atoms with Gasteiger partial charge in [-0.1, -0.05) is 31.0 Å². The predicted octanol–water partition coefficient (Wildman–Crippen LogP) is 3.49. The summed E-state index contributed by atoms with van der Waals surface area (Å²) in [5.74, 6) is -1.26. The van der Waals surface area contributed by atoms with E-state index in [1.165, 1.54) is 4.90 Å². The number of imide groups is 1. The van der Waals surface area contributed by atoms with Crippen LogP contribution < -0.4 is 10.1 Å². The minimum Gasteiger partial charge on any atom is -0.493 e. The van der Waals surface area contributed by atoms with Crippen molar-refractivity contribution in [2.24, 2.45) is 0 Å². The van der Waals surface area contributed by atoms with E-state index in [-0.39, 0.29) is 30.5 Å². The minimum atomic E-state index is -1.06. The molecule has 2 aromatic rings. The summed E-state index contributed by atoms with van der Waals surface area (Å²) in [5.41, 5.74) is 0.518. The summed E-state index contributed by atoms with van der Waals surface area (Å²) in [6, 6.07) is 11.7. The number of amides is 3. The normalized spacial score (nSPS) is 16.4. The molecule has 4 rings (SSSR count). The van der Waals surface area contributed by atoms with Gasteiger partial charge in [-0.3, -0.25) is 19.3 Å². The van der Waals surface area contributed by atoms with Gasteiger partial charge in [0.25, 0.3) is 17.7 Å². The summed E-state index contributed by atoms with van der Waals surface area (Å²) in [6.07, 6.45) is 2.65. The molecule has 1 saturated carbocycles. The largest absolute Gasteiger partial charge is 0.493 e. The molecule has 0 aromatic heterocycles. The van der Waals surface area contributed by atoms with Gasteiger partial charge in [0, 0.05) is 0 Å². The standard InChI is InChI=1S/C26H28N2O6/c1-3-33-21-12-11-17(16-28-23(30)18-9-5-6-10-19(18)24(28)31)15-20(21)22(29)27-26(13-7-8-14-26)25(32)34-4-2/h5-6,9-12,15H,3-4,7-8,13-14,16H2,1-2H3,(H,27,29). The lowest BCUT2D eigenvalue weighted by atomic mass is 9.96. The van der Waals surface area contributed by atoms with E-state index in [2.05, 4.69) is 5.32 Å². The molecule has 8 nitrogen and oxygen atoms in total. The van der Waals surface area contributed by atoms with Crippen molar-refractivity contribution >= 4 is 23.7 Å². The minimum absolute atomic E-state index is 0.0159. The van der Waals surface area contributed by atoms with Crippen LogP contribution in [0, 0.1) is 0 Å². The Bertz CT molecular complexity index is 1100. The number of esters is 1. The van der Waals surface area contributed by atoms with Gasteiger partial charge in [-0.05, 0) is 56.5 Å². The highest BCUT2D eigenvalue weighted by Gasteiger charge is 2.44. The molecule has 1 heterocycles. The van der Waals surface area contributed by atoms with Gasteiger partial charge < -0.3 is 14.8 Å². The van der Waals surface area contributed by atoms with Crippen molar-refractivity contribution in [2.45, 2.75) is 51.6 Å². The van der Waals surface area contributed by atoms with Gasteiger partial charge in [-0.2, -0.15) is 0 Å². The average molecular weight is 465 g/mol. The molecule has 0 spiro atoms. The number of hydrogen-bond acceptors (Lipinski definition) is 6. The maximum Gasteiger partial charge on any atom is 0.331 e. The molecule has 0 bridgehead atoms. The van der Waals surface area contributed by atoms with E-state index in [1.54, 1.807) is 49.4 Å². The van der Waals surface area contributed by atoms with Crippen molar-refractivity contribution in [2.75, 3.05) is 13.2 Å². The lowest BCUT2D eigenvalue weighted by Crippen LogP contribution is -2.53. The van der Waals surface area contributed by atoms with Gasteiger partial charge in [-0.15, -0.1) is 0 Å². The molecule has 2 aliphatic rings. The molecule has 1 fully saturated rings. The fraction of sp³-hybridized carbons (Fsp3) is 0.385. The summed E-state index contributed by atoms with van der Waals surface area (Å²) < 4.78 is 10.9. The first-order chi connectivity index (χ1) is 16.4. The molecule has 1 N–H and O–H groups in total. The van der Waals surface area contributed by atoms with Crippen LogP contribution in [-0.4, -0.2) is 47.3 Å². The second kappa shape index (κ2) is 9.67. The predicted molar refractivity (Wildman–Crippen MR) is 124 cm³/mol. The van der Waals surface area contributed by atoms with Crippen molar-refractivity contribution in [3.63, 3.8) is 0 Å². The number of nitrogens with zero attached hydrogens (tertiary/aromatic N) is 1. The van der Waals surface area contributed by atoms with Crippen LogP contribution in [0.1, 0.15) is 76.2 Å². The molecule has 8 heteroatoms. The van der Waals surface area contributed by atoms with Gasteiger partial charge in [0.2, 0.25) is 0 Å². The number of rotatable bonds is 8. The van der Waals surface area contributed by atoms with E-state index in [0.717, 1.165) is 12.8 Å². The number of carbonyl (C=O) groups excluding carboxylic acids is 4. The van der Waals surface area contributed by atoms with E-state index in [9.17, 15) is 19.2 Å². The molecule has 2 aromatic carbocycles. The summed E-state index contributed by atoms with van der Waals surface area (Å²) in [6.45, 7) is 4.14. The second-order valence-electron chi connectivity index (χ2n) is 8.47. The smallest absolute Gasteiger partial charge is 0.331 e. The molecule has 0 atom stereocenters. The Hall–Kier alpha value is -3.68. The van der Waals surface area contributed by atoms with Gasteiger partial charge in [0.15, 0.2) is 0 Å². The summed E-state index contributed by atoms with van der Waals surface area (Å²) in [7, 11) is 0. The van der Waals surface area contributed by atoms with Crippen LogP contribution in [0.25, 0.3) is 0 Å². The van der Waals surface area contributed by atoms with Crippen molar-refractivity contribution in [1.29, 1.82) is 0 Å². The highest BCUT2D eigenvalue weighted by Crippen LogP contribution is 2.33. The van der Waals surface area contributed by atoms with Gasteiger partial charge in [-0.25, -0.2) is 4.79 Å². The summed E-state index contributed by atoms with van der Waals surface area (Å²) in [4.78, 5) is 52.7. The molecule has 34 heavy (non-hydrogen) atoms. The Labute approximate surface area is 198 Å². The number of fused-ring (bicyclic) bond motifs is 1. The highest BCUT2D eigenvalue weighted by atomic mass is 16.5. The first kappa shape index (κ1) is 23.5. The number of ether oxygens (including phenoxy) is 2. The van der Waals surface area contributed by atoms with Gasteiger partial charge >= 0.3 is 5.97 Å². The van der Waals surface area contributed by atoms with E-state index in [4.69, 9.17) is 9.47 Å². The molecule has 0 saturated heterocycles. The van der Waals surface area contributed by atoms with E-state index in [0.29, 0.717) is 41.9 Å². The fourth-order valence-electron chi connectivity index (χ4n) is 4.61. The van der Waals surface area contributed by atoms with Crippen LogP contribution in [0.15, 0.2) is 42.5 Å². The van der Waals surface area contributed by atoms with Crippen molar-refractivity contribution in [3.05, 3.63) is 64.7 Å². The average Bonchev–Trinajstić information content (AvgIpc) is 3.40. The van der Waals surface area contributed by atoms with Crippen LogP contribution in [0.2, 0.25) is 0 Å². The molecule has 1 aliphatic carbocycles. The Morgan fingerprint density at radius 2 is 1.62 bits per heavy atom. The molecular weight excluding hydrogens is 436 g/mol. The monoisotopic (exact) mass is 464 g/mol. The number of benzene rings is 2. The zero-order valence-corrected chi connectivity index (χ0v) is 19.4. The third-order valence-corrected chi connectivity index (χ3v) is 6.28. The van der Waals surface area contributed by atoms with E-state index in [1.807, 2.05) is 6.92 Å². The molecule has 1 aliphatic heterocycles. The quantitative estimate of drug-likeness (QED) is 0.474. The molecule has 0 unspecified atom stereocenters. The zero-order valence-electron chi connectivity index (χ0n) is 19.4. The molecular formula is C26H28N2O6. The van der Waals surface area contributed by atoms with Crippen LogP contribution in [0.5, 0.6) is 5.75 Å². The Morgan fingerprint density at radius 1 is 0.971 bits per heavy atom. The van der Waals surface area contributed by atoms with Crippen LogP contribution in [0.3, 0.4) is 0 Å². The zero-order chi connectivity index (χ0) is 24.3. The first-order valence-electron chi connectivity index (χ1n) is 11.6. The van der Waals surface area contributed by atoms with E-state index >= 15 is 0 Å². The van der Waals surface area contributed by atoms with Crippen LogP contribution in [-0.2, 0) is 16.1 Å². The lowest BCUT2D eigenvalue weighted by molar-refractivity contribution is -0.150. The first-order valence-corrected chi connectivity index (χ1v) is 11.6.